The van der Waals surface area contributed by atoms with Gasteiger partial charge in [0, 0.05) is 18.1 Å². The van der Waals surface area contributed by atoms with Crippen LogP contribution in [0.5, 0.6) is 5.75 Å². The Morgan fingerprint density at radius 1 is 1.09 bits per heavy atom. The lowest BCUT2D eigenvalue weighted by Crippen LogP contribution is -2.25. The van der Waals surface area contributed by atoms with E-state index in [4.69, 9.17) is 4.18 Å². The minimum Gasteiger partial charge on any atom is -0.374 e. The molecule has 0 saturated carbocycles. The third-order valence-electron chi connectivity index (χ3n) is 4.75. The summed E-state index contributed by atoms with van der Waals surface area (Å²) in [5.74, 6) is -1.36. The van der Waals surface area contributed by atoms with Crippen molar-refractivity contribution in [3.05, 3.63) is 94.1 Å². The van der Waals surface area contributed by atoms with Gasteiger partial charge in [0.25, 0.3) is 5.91 Å². The maximum atomic E-state index is 13.1. The lowest BCUT2D eigenvalue weighted by atomic mass is 10.2. The van der Waals surface area contributed by atoms with E-state index in [9.17, 15) is 17.6 Å². The van der Waals surface area contributed by atoms with E-state index in [1.807, 2.05) is 6.92 Å². The largest absolute Gasteiger partial charge is 0.374 e. The van der Waals surface area contributed by atoms with Crippen LogP contribution in [0.2, 0.25) is 0 Å². The summed E-state index contributed by atoms with van der Waals surface area (Å²) in [7, 11) is -4.28. The van der Waals surface area contributed by atoms with Gasteiger partial charge in [0.05, 0.1) is 0 Å². The van der Waals surface area contributed by atoms with Crippen LogP contribution in [0.3, 0.4) is 0 Å². The van der Waals surface area contributed by atoms with Crippen LogP contribution in [0.4, 0.5) is 4.39 Å². The number of halogens is 2. The summed E-state index contributed by atoms with van der Waals surface area (Å²) in [6, 6.07) is 15.1. The number of nitrogens with one attached hydrogen (secondary N) is 1. The molecule has 168 valence electrons. The quantitative estimate of drug-likeness (QED) is 0.291. The molecule has 0 bridgehead atoms. The van der Waals surface area contributed by atoms with Crippen LogP contribution >= 0.6 is 15.9 Å². The lowest BCUT2D eigenvalue weighted by molar-refractivity contribution is 0.0944. The van der Waals surface area contributed by atoms with Gasteiger partial charge in [-0.15, -0.1) is 0 Å². The fourth-order valence-corrected chi connectivity index (χ4v) is 4.48. The molecule has 10 heteroatoms. The Balaban J connectivity index is 1.74. The van der Waals surface area contributed by atoms with E-state index in [2.05, 4.69) is 31.2 Å². The Bertz CT molecular complexity index is 1440. The van der Waals surface area contributed by atoms with Crippen molar-refractivity contribution in [3.8, 4) is 5.75 Å². The van der Waals surface area contributed by atoms with Crippen LogP contribution in [0, 0.1) is 12.7 Å². The molecule has 2 aromatic heterocycles. The van der Waals surface area contributed by atoms with Gasteiger partial charge < -0.3 is 9.50 Å². The van der Waals surface area contributed by atoms with Crippen molar-refractivity contribution in [1.29, 1.82) is 0 Å². The van der Waals surface area contributed by atoms with Crippen LogP contribution in [-0.2, 0) is 16.7 Å². The zero-order valence-corrected chi connectivity index (χ0v) is 19.7. The molecule has 0 unspecified atom stereocenters. The standard InChI is InChI=1S/C23H17BrFN3O4S/c1-14-4-10-17(11-5-14)33(30,31)32-21-19-18(3-2-12-26-19)22(24)28-20(21)23(29)27-13-15-6-8-16(25)9-7-15/h2-12H,13H2,1H3,(H,27,29). The Morgan fingerprint density at radius 3 is 2.48 bits per heavy atom. The first-order valence-electron chi connectivity index (χ1n) is 9.72. The summed E-state index contributed by atoms with van der Waals surface area (Å²) >= 11 is 3.31. The average Bonchev–Trinajstić information content (AvgIpc) is 2.80. The number of hydrogen-bond acceptors (Lipinski definition) is 6. The lowest BCUT2D eigenvalue weighted by Gasteiger charge is -2.14. The van der Waals surface area contributed by atoms with E-state index in [1.165, 1.54) is 42.6 Å². The van der Waals surface area contributed by atoms with Crippen molar-refractivity contribution in [2.45, 2.75) is 18.4 Å². The predicted molar refractivity (Wildman–Crippen MR) is 124 cm³/mol. The summed E-state index contributed by atoms with van der Waals surface area (Å²) in [6.45, 7) is 1.90. The Labute approximate surface area is 197 Å². The van der Waals surface area contributed by atoms with E-state index in [1.54, 1.807) is 24.3 Å². The number of hydrogen-bond donors (Lipinski definition) is 1. The summed E-state index contributed by atoms with van der Waals surface area (Å²) in [5.41, 5.74) is 1.43. The average molecular weight is 530 g/mol. The van der Waals surface area contributed by atoms with Gasteiger partial charge in [-0.2, -0.15) is 8.42 Å². The molecule has 1 amide bonds. The molecule has 2 heterocycles. The first kappa shape index (κ1) is 22.8. The van der Waals surface area contributed by atoms with E-state index in [-0.39, 0.29) is 28.4 Å². The Morgan fingerprint density at radius 2 is 1.79 bits per heavy atom. The number of carbonyl (C=O) groups excluding carboxylic acids is 1. The molecule has 0 atom stereocenters. The van der Waals surface area contributed by atoms with E-state index in [0.717, 1.165) is 5.56 Å². The van der Waals surface area contributed by atoms with Gasteiger partial charge in [0.1, 0.15) is 20.8 Å². The highest BCUT2D eigenvalue weighted by atomic mass is 79.9. The van der Waals surface area contributed by atoms with Crippen LogP contribution in [0.1, 0.15) is 21.6 Å². The first-order valence-corrected chi connectivity index (χ1v) is 11.9. The van der Waals surface area contributed by atoms with Crippen molar-refractivity contribution in [1.82, 2.24) is 15.3 Å². The third-order valence-corrected chi connectivity index (χ3v) is 6.59. The molecule has 0 fully saturated rings. The van der Waals surface area contributed by atoms with Gasteiger partial charge in [-0.05, 0) is 64.8 Å². The van der Waals surface area contributed by atoms with Crippen molar-refractivity contribution in [2.24, 2.45) is 0 Å². The molecule has 0 aliphatic carbocycles. The van der Waals surface area contributed by atoms with E-state index >= 15 is 0 Å². The normalized spacial score (nSPS) is 11.4. The zero-order valence-electron chi connectivity index (χ0n) is 17.2. The minimum atomic E-state index is -4.28. The maximum Gasteiger partial charge on any atom is 0.339 e. The molecule has 4 aromatic rings. The number of fused-ring (bicyclic) bond motifs is 1. The fourth-order valence-electron chi connectivity index (χ4n) is 3.04. The number of aromatic nitrogens is 2. The van der Waals surface area contributed by atoms with Crippen LogP contribution in [-0.4, -0.2) is 24.3 Å². The van der Waals surface area contributed by atoms with Crippen molar-refractivity contribution in [3.63, 3.8) is 0 Å². The second-order valence-corrected chi connectivity index (χ2v) is 9.44. The number of pyridine rings is 2. The SMILES string of the molecule is Cc1ccc(S(=O)(=O)Oc2c(C(=O)NCc3ccc(F)cc3)nc(Br)c3cccnc23)cc1. The van der Waals surface area contributed by atoms with Crippen LogP contribution in [0.15, 0.2) is 76.4 Å². The highest BCUT2D eigenvalue weighted by molar-refractivity contribution is 9.10. The number of carbonyl (C=O) groups is 1. The van der Waals surface area contributed by atoms with Crippen LogP contribution in [0.25, 0.3) is 10.9 Å². The van der Waals surface area contributed by atoms with Crippen molar-refractivity contribution >= 4 is 42.9 Å². The highest BCUT2D eigenvalue weighted by Gasteiger charge is 2.26. The highest BCUT2D eigenvalue weighted by Crippen LogP contribution is 2.33. The predicted octanol–water partition coefficient (Wildman–Crippen LogP) is 4.54. The molecular formula is C23H17BrFN3O4S. The molecule has 0 radical (unpaired) electrons. The zero-order chi connectivity index (χ0) is 23.6. The number of nitrogens with zero attached hydrogens (tertiary/aromatic N) is 2. The summed E-state index contributed by atoms with van der Waals surface area (Å²) in [6.07, 6.45) is 1.46. The van der Waals surface area contributed by atoms with Gasteiger partial charge in [-0.1, -0.05) is 29.8 Å². The summed E-state index contributed by atoms with van der Waals surface area (Å²) in [4.78, 5) is 21.4. The van der Waals surface area contributed by atoms with Gasteiger partial charge in [-0.25, -0.2) is 9.37 Å². The number of aryl methyl sites for hydroxylation is 1. The van der Waals surface area contributed by atoms with Gasteiger partial charge in [0.15, 0.2) is 5.69 Å². The number of amides is 1. The van der Waals surface area contributed by atoms with Gasteiger partial charge in [0.2, 0.25) is 5.75 Å². The monoisotopic (exact) mass is 529 g/mol. The maximum absolute atomic E-state index is 13.1. The van der Waals surface area contributed by atoms with E-state index in [0.29, 0.717) is 15.6 Å². The molecular weight excluding hydrogens is 513 g/mol. The molecule has 2 aromatic carbocycles. The molecule has 0 aliphatic heterocycles. The molecule has 4 rings (SSSR count). The molecule has 0 aliphatic rings. The smallest absolute Gasteiger partial charge is 0.339 e. The van der Waals surface area contributed by atoms with E-state index < -0.39 is 21.8 Å². The first-order chi connectivity index (χ1) is 15.7. The van der Waals surface area contributed by atoms with Crippen LogP contribution < -0.4 is 9.50 Å². The Kier molecular flexibility index (Phi) is 6.39. The minimum absolute atomic E-state index is 0.0715. The summed E-state index contributed by atoms with van der Waals surface area (Å²) in [5, 5.41) is 3.13. The molecule has 7 nitrogen and oxygen atoms in total. The number of benzene rings is 2. The molecule has 33 heavy (non-hydrogen) atoms. The molecule has 1 N–H and O–H groups in total. The molecule has 0 saturated heterocycles. The Hall–Kier alpha value is -3.37. The van der Waals surface area contributed by atoms with Gasteiger partial charge in [-0.3, -0.25) is 9.78 Å². The third kappa shape index (κ3) is 5.01. The summed E-state index contributed by atoms with van der Waals surface area (Å²) < 4.78 is 44.8. The fraction of sp³-hybridized carbons (Fsp3) is 0.0870. The van der Waals surface area contributed by atoms with Crippen molar-refractivity contribution in [2.75, 3.05) is 0 Å². The number of rotatable bonds is 6. The van der Waals surface area contributed by atoms with Crippen molar-refractivity contribution < 1.29 is 21.8 Å². The van der Waals surface area contributed by atoms with Gasteiger partial charge >= 0.3 is 10.1 Å². The second kappa shape index (κ2) is 9.24. The topological polar surface area (TPSA) is 98.2 Å². The second-order valence-electron chi connectivity index (χ2n) is 7.14. The molecule has 0 spiro atoms.